The Morgan fingerprint density at radius 3 is 2.87 bits per heavy atom. The van der Waals surface area contributed by atoms with Crippen molar-refractivity contribution in [2.24, 2.45) is 0 Å². The molecule has 0 aliphatic heterocycles. The van der Waals surface area contributed by atoms with E-state index in [1.54, 1.807) is 13.2 Å². The number of aromatic nitrogens is 1. The van der Waals surface area contributed by atoms with Crippen LogP contribution in [0, 0.1) is 5.82 Å². The molecule has 23 heavy (non-hydrogen) atoms. The highest BCUT2D eigenvalue weighted by molar-refractivity contribution is 5.72. The third kappa shape index (κ3) is 3.60. The van der Waals surface area contributed by atoms with Gasteiger partial charge in [0.2, 0.25) is 5.89 Å². The Balaban J connectivity index is 1.72. The molecule has 2 heterocycles. The Morgan fingerprint density at radius 1 is 1.26 bits per heavy atom. The summed E-state index contributed by atoms with van der Waals surface area (Å²) in [5, 5.41) is 3.30. The number of benzene rings is 1. The predicted molar refractivity (Wildman–Crippen MR) is 83.5 cm³/mol. The summed E-state index contributed by atoms with van der Waals surface area (Å²) in [7, 11) is 1.64. The van der Waals surface area contributed by atoms with Crippen molar-refractivity contribution in [1.29, 1.82) is 0 Å². The average Bonchev–Trinajstić information content (AvgIpc) is 3.17. The number of oxazole rings is 1. The molecule has 6 heteroatoms. The van der Waals surface area contributed by atoms with Crippen molar-refractivity contribution in [3.05, 3.63) is 53.6 Å². The first-order valence-electron chi connectivity index (χ1n) is 7.55. The molecule has 0 amide bonds. The van der Waals surface area contributed by atoms with Crippen LogP contribution in [0.3, 0.4) is 0 Å². The van der Waals surface area contributed by atoms with E-state index in [1.807, 2.05) is 19.1 Å². The van der Waals surface area contributed by atoms with Crippen molar-refractivity contribution in [2.45, 2.75) is 25.9 Å². The van der Waals surface area contributed by atoms with Crippen molar-refractivity contribution >= 4 is 11.1 Å². The maximum Gasteiger partial charge on any atom is 0.209 e. The van der Waals surface area contributed by atoms with Crippen LogP contribution in [0.1, 0.15) is 30.4 Å². The van der Waals surface area contributed by atoms with E-state index in [2.05, 4.69) is 10.3 Å². The van der Waals surface area contributed by atoms with E-state index in [9.17, 15) is 4.39 Å². The normalized spacial score (nSPS) is 12.8. The average molecular weight is 318 g/mol. The second kappa shape index (κ2) is 6.93. The number of halogens is 1. The fraction of sp³-hybridized carbons (Fsp3) is 0.353. The van der Waals surface area contributed by atoms with Gasteiger partial charge in [-0.25, -0.2) is 9.37 Å². The molecule has 122 valence electrons. The number of fused-ring (bicyclic) bond motifs is 1. The van der Waals surface area contributed by atoms with Crippen LogP contribution in [0.25, 0.3) is 11.1 Å². The second-order valence-corrected chi connectivity index (χ2v) is 5.27. The van der Waals surface area contributed by atoms with Crippen LogP contribution in [-0.2, 0) is 17.7 Å². The zero-order chi connectivity index (χ0) is 16.2. The maximum atomic E-state index is 13.2. The lowest BCUT2D eigenvalue weighted by atomic mass is 10.2. The molecule has 0 aliphatic rings. The van der Waals surface area contributed by atoms with Gasteiger partial charge < -0.3 is 13.6 Å². The van der Waals surface area contributed by atoms with E-state index in [1.165, 1.54) is 12.1 Å². The minimum Gasteiger partial charge on any atom is -0.464 e. The molecule has 0 aliphatic carbocycles. The third-order valence-corrected chi connectivity index (χ3v) is 3.60. The SMILES string of the molecule is CCc1ccc(C(COC)NCc2nc3cc(F)ccc3o2)o1. The van der Waals surface area contributed by atoms with Crippen LogP contribution in [-0.4, -0.2) is 18.7 Å². The van der Waals surface area contributed by atoms with Crippen LogP contribution in [0.5, 0.6) is 0 Å². The van der Waals surface area contributed by atoms with Crippen LogP contribution < -0.4 is 5.32 Å². The summed E-state index contributed by atoms with van der Waals surface area (Å²) in [4.78, 5) is 4.28. The summed E-state index contributed by atoms with van der Waals surface area (Å²) in [6.45, 7) is 2.90. The van der Waals surface area contributed by atoms with E-state index in [0.717, 1.165) is 17.9 Å². The topological polar surface area (TPSA) is 60.4 Å². The van der Waals surface area contributed by atoms with Gasteiger partial charge in [-0.05, 0) is 24.3 Å². The smallest absolute Gasteiger partial charge is 0.209 e. The zero-order valence-electron chi connectivity index (χ0n) is 13.1. The molecule has 0 saturated carbocycles. The predicted octanol–water partition coefficient (Wildman–Crippen LogP) is 3.60. The summed E-state index contributed by atoms with van der Waals surface area (Å²) in [5.74, 6) is 1.91. The number of rotatable bonds is 7. The molecule has 3 rings (SSSR count). The molecule has 0 bridgehead atoms. The van der Waals surface area contributed by atoms with Gasteiger partial charge in [-0.1, -0.05) is 6.92 Å². The Labute approximate surface area is 133 Å². The summed E-state index contributed by atoms with van der Waals surface area (Å²) >= 11 is 0. The number of nitrogens with one attached hydrogen (secondary N) is 1. The van der Waals surface area contributed by atoms with Crippen LogP contribution >= 0.6 is 0 Å². The van der Waals surface area contributed by atoms with Gasteiger partial charge in [0.05, 0.1) is 19.2 Å². The molecule has 0 radical (unpaired) electrons. The number of aryl methyl sites for hydroxylation is 1. The summed E-state index contributed by atoms with van der Waals surface area (Å²) in [5.41, 5.74) is 1.08. The largest absolute Gasteiger partial charge is 0.464 e. The molecular weight excluding hydrogens is 299 g/mol. The van der Waals surface area contributed by atoms with Crippen LogP contribution in [0.4, 0.5) is 4.39 Å². The standard InChI is InChI=1S/C17H19FN2O3/c1-3-12-5-7-16(22-12)14(10-21-2)19-9-17-20-13-8-11(18)4-6-15(13)23-17/h4-8,14,19H,3,9-10H2,1-2H3. The number of hydrogen-bond donors (Lipinski definition) is 1. The van der Waals surface area contributed by atoms with Crippen molar-refractivity contribution in [1.82, 2.24) is 10.3 Å². The van der Waals surface area contributed by atoms with Crippen LogP contribution in [0.15, 0.2) is 39.2 Å². The monoisotopic (exact) mass is 318 g/mol. The van der Waals surface area contributed by atoms with Gasteiger partial charge in [-0.2, -0.15) is 0 Å². The number of ether oxygens (including phenoxy) is 1. The van der Waals surface area contributed by atoms with Crippen LogP contribution in [0.2, 0.25) is 0 Å². The number of furan rings is 1. The second-order valence-electron chi connectivity index (χ2n) is 5.27. The Kier molecular flexibility index (Phi) is 4.73. The molecule has 3 aromatic rings. The van der Waals surface area contributed by atoms with Crippen molar-refractivity contribution in [3.8, 4) is 0 Å². The van der Waals surface area contributed by atoms with Gasteiger partial charge in [-0.3, -0.25) is 5.32 Å². The highest BCUT2D eigenvalue weighted by Gasteiger charge is 2.16. The van der Waals surface area contributed by atoms with E-state index in [4.69, 9.17) is 13.6 Å². The Hall–Kier alpha value is -2.18. The minimum atomic E-state index is -0.328. The maximum absolute atomic E-state index is 13.2. The highest BCUT2D eigenvalue weighted by atomic mass is 19.1. The first kappa shape index (κ1) is 15.7. The molecule has 1 aromatic carbocycles. The number of nitrogens with zero attached hydrogens (tertiary/aromatic N) is 1. The van der Waals surface area contributed by atoms with Gasteiger partial charge in [0.25, 0.3) is 0 Å². The van der Waals surface area contributed by atoms with Gasteiger partial charge in [-0.15, -0.1) is 0 Å². The van der Waals surface area contributed by atoms with E-state index < -0.39 is 0 Å². The number of hydrogen-bond acceptors (Lipinski definition) is 5. The van der Waals surface area contributed by atoms with Gasteiger partial charge in [0.15, 0.2) is 5.58 Å². The quantitative estimate of drug-likeness (QED) is 0.721. The fourth-order valence-corrected chi connectivity index (χ4v) is 2.41. The van der Waals surface area contributed by atoms with Crippen molar-refractivity contribution in [2.75, 3.05) is 13.7 Å². The lowest BCUT2D eigenvalue weighted by molar-refractivity contribution is 0.154. The van der Waals surface area contributed by atoms with E-state index in [0.29, 0.717) is 30.1 Å². The lowest BCUT2D eigenvalue weighted by Crippen LogP contribution is -2.24. The molecule has 0 spiro atoms. The fourth-order valence-electron chi connectivity index (χ4n) is 2.41. The van der Waals surface area contributed by atoms with Gasteiger partial charge in [0.1, 0.15) is 22.9 Å². The van der Waals surface area contributed by atoms with E-state index in [-0.39, 0.29) is 11.9 Å². The molecule has 1 N–H and O–H groups in total. The zero-order valence-corrected chi connectivity index (χ0v) is 13.1. The highest BCUT2D eigenvalue weighted by Crippen LogP contribution is 2.20. The van der Waals surface area contributed by atoms with Crippen molar-refractivity contribution < 1.29 is 18.0 Å². The Morgan fingerprint density at radius 2 is 2.13 bits per heavy atom. The van der Waals surface area contributed by atoms with E-state index >= 15 is 0 Å². The first-order valence-corrected chi connectivity index (χ1v) is 7.55. The molecule has 0 saturated heterocycles. The molecular formula is C17H19FN2O3. The van der Waals surface area contributed by atoms with Gasteiger partial charge >= 0.3 is 0 Å². The molecule has 1 unspecified atom stereocenters. The minimum absolute atomic E-state index is 0.105. The molecule has 0 fully saturated rings. The molecule has 1 atom stereocenters. The summed E-state index contributed by atoms with van der Waals surface area (Å²) in [6.07, 6.45) is 0.844. The first-order chi connectivity index (χ1) is 11.2. The molecule has 5 nitrogen and oxygen atoms in total. The Bertz CT molecular complexity index is 781. The lowest BCUT2D eigenvalue weighted by Gasteiger charge is -2.14. The number of methoxy groups -OCH3 is 1. The van der Waals surface area contributed by atoms with Gasteiger partial charge in [0, 0.05) is 19.6 Å². The summed E-state index contributed by atoms with van der Waals surface area (Å²) in [6, 6.07) is 8.09. The summed E-state index contributed by atoms with van der Waals surface area (Å²) < 4.78 is 29.8. The van der Waals surface area contributed by atoms with Crippen molar-refractivity contribution in [3.63, 3.8) is 0 Å². The third-order valence-electron chi connectivity index (χ3n) is 3.60. The molecule has 2 aromatic heterocycles.